The van der Waals surface area contributed by atoms with E-state index in [9.17, 15) is 0 Å². The van der Waals surface area contributed by atoms with Crippen molar-refractivity contribution in [3.63, 3.8) is 0 Å². The molecule has 0 unspecified atom stereocenters. The van der Waals surface area contributed by atoms with Crippen LogP contribution < -0.4 is 14.8 Å². The summed E-state index contributed by atoms with van der Waals surface area (Å²) in [5.74, 6) is 1.66. The van der Waals surface area contributed by atoms with E-state index in [0.717, 1.165) is 23.7 Å². The summed E-state index contributed by atoms with van der Waals surface area (Å²) in [5, 5.41) is 7.23. The molecule has 0 radical (unpaired) electrons. The van der Waals surface area contributed by atoms with Gasteiger partial charge in [-0.3, -0.25) is 0 Å². The van der Waals surface area contributed by atoms with E-state index in [2.05, 4.69) is 22.8 Å². The summed E-state index contributed by atoms with van der Waals surface area (Å²) in [6.45, 7) is 2.65. The Labute approximate surface area is 121 Å². The second kappa shape index (κ2) is 6.19. The van der Waals surface area contributed by atoms with Crippen LogP contribution in [0.3, 0.4) is 0 Å². The molecule has 1 N–H and O–H groups in total. The summed E-state index contributed by atoms with van der Waals surface area (Å²) in [7, 11) is 0. The van der Waals surface area contributed by atoms with Crippen LogP contribution in [0.5, 0.6) is 11.5 Å². The smallest absolute Gasteiger partial charge is 0.162 e. The quantitative estimate of drug-likeness (QED) is 0.854. The van der Waals surface area contributed by atoms with Gasteiger partial charge < -0.3 is 19.3 Å². The third-order valence-corrected chi connectivity index (χ3v) is 3.88. The molecule has 1 aromatic heterocycles. The molecule has 1 aliphatic rings. The van der Waals surface area contributed by atoms with Gasteiger partial charge in [0.2, 0.25) is 0 Å². The van der Waals surface area contributed by atoms with Crippen LogP contribution in [-0.4, -0.2) is 24.6 Å². The highest BCUT2D eigenvalue weighted by atomic mass is 32.2. The molecule has 20 heavy (non-hydrogen) atoms. The predicted molar refractivity (Wildman–Crippen MR) is 76.3 cm³/mol. The van der Waals surface area contributed by atoms with Crippen molar-refractivity contribution in [3.05, 3.63) is 35.7 Å². The van der Waals surface area contributed by atoms with E-state index < -0.39 is 0 Å². The van der Waals surface area contributed by atoms with E-state index in [0.29, 0.717) is 19.8 Å². The molecule has 3 rings (SSSR count). The number of rotatable bonds is 5. The minimum absolute atomic E-state index is 0.609. The molecular formula is C14H16N2O3S. The van der Waals surface area contributed by atoms with Crippen molar-refractivity contribution in [3.8, 4) is 11.5 Å². The molecule has 1 aromatic carbocycles. The molecule has 0 aliphatic carbocycles. The molecule has 6 heteroatoms. The summed E-state index contributed by atoms with van der Waals surface area (Å²) in [6, 6.07) is 5.95. The average Bonchev–Trinajstić information content (AvgIpc) is 3.00. The van der Waals surface area contributed by atoms with Gasteiger partial charge in [-0.2, -0.15) is 0 Å². The highest BCUT2D eigenvalue weighted by Crippen LogP contribution is 2.36. The number of thioether (sulfide) groups is 1. The third-order valence-electron chi connectivity index (χ3n) is 3.06. The fourth-order valence-electron chi connectivity index (χ4n) is 2.09. The molecule has 2 heterocycles. The maximum atomic E-state index is 5.63. The number of hydrogen-bond acceptors (Lipinski definition) is 6. The number of ether oxygens (including phenoxy) is 2. The van der Waals surface area contributed by atoms with Gasteiger partial charge in [0.1, 0.15) is 19.5 Å². The van der Waals surface area contributed by atoms with Crippen molar-refractivity contribution in [2.45, 2.75) is 18.0 Å². The molecule has 0 saturated carbocycles. The van der Waals surface area contributed by atoms with Crippen LogP contribution in [0.25, 0.3) is 0 Å². The summed E-state index contributed by atoms with van der Waals surface area (Å²) < 4.78 is 16.0. The van der Waals surface area contributed by atoms with Crippen LogP contribution in [0.1, 0.15) is 11.3 Å². The lowest BCUT2D eigenvalue weighted by atomic mass is 10.2. The van der Waals surface area contributed by atoms with Gasteiger partial charge in [0.05, 0.1) is 5.69 Å². The van der Waals surface area contributed by atoms with E-state index >= 15 is 0 Å². The molecule has 0 atom stereocenters. The molecule has 5 nitrogen and oxygen atoms in total. The first-order chi connectivity index (χ1) is 9.86. The first-order valence-corrected chi connectivity index (χ1v) is 7.66. The van der Waals surface area contributed by atoms with Gasteiger partial charge in [-0.25, -0.2) is 0 Å². The molecule has 0 amide bonds. The van der Waals surface area contributed by atoms with Crippen LogP contribution >= 0.6 is 11.8 Å². The topological polar surface area (TPSA) is 56.5 Å². The molecule has 0 bridgehead atoms. The van der Waals surface area contributed by atoms with Crippen molar-refractivity contribution in [2.24, 2.45) is 0 Å². The first-order valence-electron chi connectivity index (χ1n) is 6.43. The summed E-state index contributed by atoms with van der Waals surface area (Å²) in [4.78, 5) is 1.20. The lowest BCUT2D eigenvalue weighted by molar-refractivity contribution is 0.171. The van der Waals surface area contributed by atoms with Crippen molar-refractivity contribution >= 4 is 11.8 Å². The second-order valence-corrected chi connectivity index (χ2v) is 5.25. The second-order valence-electron chi connectivity index (χ2n) is 4.40. The lowest BCUT2D eigenvalue weighted by Crippen LogP contribution is -2.17. The van der Waals surface area contributed by atoms with Gasteiger partial charge in [0, 0.05) is 24.1 Å². The van der Waals surface area contributed by atoms with Crippen molar-refractivity contribution in [2.75, 3.05) is 19.5 Å². The van der Waals surface area contributed by atoms with Gasteiger partial charge in [0.15, 0.2) is 11.5 Å². The van der Waals surface area contributed by atoms with Crippen molar-refractivity contribution < 1.29 is 14.0 Å². The minimum atomic E-state index is 0.609. The van der Waals surface area contributed by atoms with E-state index in [1.807, 2.05) is 12.1 Å². The minimum Gasteiger partial charge on any atom is -0.486 e. The Balaban J connectivity index is 1.71. The largest absolute Gasteiger partial charge is 0.486 e. The first kappa shape index (κ1) is 13.3. The van der Waals surface area contributed by atoms with E-state index in [-0.39, 0.29) is 0 Å². The highest BCUT2D eigenvalue weighted by molar-refractivity contribution is 7.98. The molecule has 2 aromatic rings. The van der Waals surface area contributed by atoms with Crippen molar-refractivity contribution in [1.29, 1.82) is 0 Å². The monoisotopic (exact) mass is 292 g/mol. The standard InChI is InChI=1S/C14H16N2O3S/c1-20-14-7-13-12(17-4-5-18-13)6-10(14)8-15-9-11-2-3-19-16-11/h2-3,6-7,15H,4-5,8-9H2,1H3. The Morgan fingerprint density at radius 3 is 2.70 bits per heavy atom. The van der Waals surface area contributed by atoms with E-state index in [4.69, 9.17) is 14.0 Å². The summed E-state index contributed by atoms with van der Waals surface area (Å²) >= 11 is 1.71. The van der Waals surface area contributed by atoms with Gasteiger partial charge in [-0.1, -0.05) is 5.16 Å². The van der Waals surface area contributed by atoms with E-state index in [1.165, 1.54) is 10.5 Å². The Morgan fingerprint density at radius 1 is 1.20 bits per heavy atom. The van der Waals surface area contributed by atoms with Gasteiger partial charge in [-0.05, 0) is 24.0 Å². The Hall–Kier alpha value is -1.66. The average molecular weight is 292 g/mol. The predicted octanol–water partition coefficient (Wildman–Crippen LogP) is 2.46. The molecule has 0 fully saturated rings. The van der Waals surface area contributed by atoms with Crippen LogP contribution in [0, 0.1) is 0 Å². The van der Waals surface area contributed by atoms with E-state index in [1.54, 1.807) is 18.0 Å². The Kier molecular flexibility index (Phi) is 4.13. The zero-order chi connectivity index (χ0) is 13.8. The number of nitrogens with one attached hydrogen (secondary N) is 1. The Bertz CT molecular complexity index is 572. The van der Waals surface area contributed by atoms with Gasteiger partial charge >= 0.3 is 0 Å². The summed E-state index contributed by atoms with van der Waals surface area (Å²) in [5.41, 5.74) is 2.10. The van der Waals surface area contributed by atoms with Crippen LogP contribution in [-0.2, 0) is 13.1 Å². The highest BCUT2D eigenvalue weighted by Gasteiger charge is 2.15. The fourth-order valence-corrected chi connectivity index (χ4v) is 2.71. The number of fused-ring (bicyclic) bond motifs is 1. The maximum absolute atomic E-state index is 5.63. The number of benzene rings is 1. The lowest BCUT2D eigenvalue weighted by Gasteiger charge is -2.20. The normalized spacial score (nSPS) is 13.4. The Morgan fingerprint density at radius 2 is 2.00 bits per heavy atom. The SMILES string of the molecule is CSc1cc2c(cc1CNCc1ccon1)OCCO2. The van der Waals surface area contributed by atoms with Gasteiger partial charge in [-0.15, -0.1) is 11.8 Å². The van der Waals surface area contributed by atoms with Gasteiger partial charge in [0.25, 0.3) is 0 Å². The molecule has 106 valence electrons. The molecule has 1 aliphatic heterocycles. The van der Waals surface area contributed by atoms with Crippen molar-refractivity contribution in [1.82, 2.24) is 10.5 Å². The number of nitrogens with zero attached hydrogens (tertiary/aromatic N) is 1. The number of aromatic nitrogens is 1. The molecular weight excluding hydrogens is 276 g/mol. The van der Waals surface area contributed by atoms with Crippen LogP contribution in [0.2, 0.25) is 0 Å². The maximum Gasteiger partial charge on any atom is 0.162 e. The van der Waals surface area contributed by atoms with Crippen LogP contribution in [0.15, 0.2) is 33.9 Å². The van der Waals surface area contributed by atoms with Crippen LogP contribution in [0.4, 0.5) is 0 Å². The number of hydrogen-bond donors (Lipinski definition) is 1. The fraction of sp³-hybridized carbons (Fsp3) is 0.357. The molecule has 0 spiro atoms. The zero-order valence-corrected chi connectivity index (χ0v) is 12.0. The molecule has 0 saturated heterocycles. The zero-order valence-electron chi connectivity index (χ0n) is 11.2. The summed E-state index contributed by atoms with van der Waals surface area (Å²) in [6.07, 6.45) is 3.64. The third kappa shape index (κ3) is 2.91.